The van der Waals surface area contributed by atoms with Crippen LogP contribution in [-0.4, -0.2) is 51.5 Å². The van der Waals surface area contributed by atoms with Gasteiger partial charge in [-0.1, -0.05) is 11.2 Å². The van der Waals surface area contributed by atoms with E-state index in [1.165, 1.54) is 11.8 Å². The molecule has 0 aromatic carbocycles. The van der Waals surface area contributed by atoms with Crippen LogP contribution in [0.2, 0.25) is 0 Å². The van der Waals surface area contributed by atoms with Crippen molar-refractivity contribution >= 4 is 29.4 Å². The maximum absolute atomic E-state index is 12.2. The van der Waals surface area contributed by atoms with E-state index >= 15 is 0 Å². The largest absolute Gasteiger partial charge is 0.360 e. The molecule has 7 nitrogen and oxygen atoms in total. The zero-order valence-corrected chi connectivity index (χ0v) is 15.4. The van der Waals surface area contributed by atoms with Gasteiger partial charge in [0.05, 0.1) is 11.0 Å². The summed E-state index contributed by atoms with van der Waals surface area (Å²) in [7, 11) is 1.76. The van der Waals surface area contributed by atoms with Crippen molar-refractivity contribution < 1.29 is 14.1 Å². The lowest BCUT2D eigenvalue weighted by atomic mass is 10.2. The molecule has 0 fully saturated rings. The number of hydrogen-bond acceptors (Lipinski definition) is 6. The number of amides is 2. The summed E-state index contributed by atoms with van der Waals surface area (Å²) in [6, 6.07) is 7.37. The lowest BCUT2D eigenvalue weighted by molar-refractivity contribution is -0.127. The minimum absolute atomic E-state index is 0.0159. The monoisotopic (exact) mass is 362 g/mol. The second kappa shape index (κ2) is 9.22. The molecule has 2 aromatic heterocycles. The van der Waals surface area contributed by atoms with E-state index in [1.807, 2.05) is 18.2 Å². The first kappa shape index (κ1) is 19.0. The van der Waals surface area contributed by atoms with Crippen LogP contribution in [0.15, 0.2) is 35.0 Å². The van der Waals surface area contributed by atoms with Gasteiger partial charge in [-0.25, -0.2) is 0 Å². The van der Waals surface area contributed by atoms with Crippen LogP contribution in [-0.2, 0) is 16.0 Å². The van der Waals surface area contributed by atoms with Crippen molar-refractivity contribution in [3.8, 4) is 0 Å². The smallest absolute Gasteiger partial charge is 0.238 e. The molecule has 0 radical (unpaired) electrons. The Hall–Kier alpha value is -2.35. The van der Waals surface area contributed by atoms with Gasteiger partial charge in [0.2, 0.25) is 11.8 Å². The van der Waals surface area contributed by atoms with Crippen molar-refractivity contribution in [1.82, 2.24) is 15.0 Å². The molecule has 134 valence electrons. The fourth-order valence-electron chi connectivity index (χ4n) is 1.99. The number of carbonyl (C=O) groups excluding carboxylic acids is 2. The minimum Gasteiger partial charge on any atom is -0.360 e. The first-order valence-corrected chi connectivity index (χ1v) is 9.00. The molecule has 2 heterocycles. The molecule has 0 aliphatic rings. The van der Waals surface area contributed by atoms with Crippen LogP contribution in [0.5, 0.6) is 0 Å². The van der Waals surface area contributed by atoms with E-state index in [4.69, 9.17) is 4.52 Å². The molecule has 1 unspecified atom stereocenters. The van der Waals surface area contributed by atoms with Gasteiger partial charge in [-0.05, 0) is 26.0 Å². The standard InChI is InChI=1S/C17H22N4O3S/c1-12-10-15(20-24-12)19-17(23)13(2)25-11-16(22)21(3)9-7-14-6-4-5-8-18-14/h4-6,8,10,13H,7,9,11H2,1-3H3,(H,19,20,23). The molecular formula is C17H22N4O3S. The SMILES string of the molecule is Cc1cc(NC(=O)C(C)SCC(=O)N(C)CCc2ccccn2)no1. The van der Waals surface area contributed by atoms with Gasteiger partial charge in [0, 0.05) is 38.0 Å². The van der Waals surface area contributed by atoms with E-state index in [0.717, 1.165) is 5.69 Å². The molecular weight excluding hydrogens is 340 g/mol. The normalized spacial score (nSPS) is 11.8. The Morgan fingerprint density at radius 1 is 1.40 bits per heavy atom. The van der Waals surface area contributed by atoms with Crippen molar-refractivity contribution in [2.24, 2.45) is 0 Å². The highest BCUT2D eigenvalue weighted by molar-refractivity contribution is 8.01. The van der Waals surface area contributed by atoms with Crippen molar-refractivity contribution in [2.75, 3.05) is 24.7 Å². The van der Waals surface area contributed by atoms with Crippen LogP contribution in [0.25, 0.3) is 0 Å². The second-order valence-electron chi connectivity index (χ2n) is 5.65. The van der Waals surface area contributed by atoms with Crippen molar-refractivity contribution in [3.05, 3.63) is 41.9 Å². The third-order valence-corrected chi connectivity index (χ3v) is 4.69. The summed E-state index contributed by atoms with van der Waals surface area (Å²) >= 11 is 1.29. The lowest BCUT2D eigenvalue weighted by Crippen LogP contribution is -2.32. The van der Waals surface area contributed by atoms with Crippen LogP contribution in [0.3, 0.4) is 0 Å². The summed E-state index contributed by atoms with van der Waals surface area (Å²) in [5, 5.41) is 6.01. The summed E-state index contributed by atoms with van der Waals surface area (Å²) in [6.07, 6.45) is 2.44. The fourth-order valence-corrected chi connectivity index (χ4v) is 2.81. The molecule has 8 heteroatoms. The highest BCUT2D eigenvalue weighted by atomic mass is 32.2. The first-order chi connectivity index (χ1) is 12.0. The average molecular weight is 362 g/mol. The topological polar surface area (TPSA) is 88.3 Å². The zero-order chi connectivity index (χ0) is 18.2. The van der Waals surface area contributed by atoms with Crippen LogP contribution in [0, 0.1) is 6.92 Å². The van der Waals surface area contributed by atoms with E-state index < -0.39 is 0 Å². The Labute approximate surface area is 151 Å². The van der Waals surface area contributed by atoms with Crippen LogP contribution >= 0.6 is 11.8 Å². The quantitative estimate of drug-likeness (QED) is 0.774. The Kier molecular flexibility index (Phi) is 7.00. The van der Waals surface area contributed by atoms with Crippen LogP contribution < -0.4 is 5.32 Å². The Bertz CT molecular complexity index is 705. The maximum atomic E-state index is 12.2. The molecule has 0 spiro atoms. The zero-order valence-electron chi connectivity index (χ0n) is 14.6. The summed E-state index contributed by atoms with van der Waals surface area (Å²) in [5.41, 5.74) is 0.949. The second-order valence-corrected chi connectivity index (χ2v) is 6.98. The van der Waals surface area contributed by atoms with Gasteiger partial charge in [-0.2, -0.15) is 0 Å². The minimum atomic E-state index is -0.370. The third-order valence-electron chi connectivity index (χ3n) is 3.56. The number of anilines is 1. The molecule has 0 saturated carbocycles. The number of nitrogens with zero attached hydrogens (tertiary/aromatic N) is 3. The Morgan fingerprint density at radius 2 is 2.20 bits per heavy atom. The lowest BCUT2D eigenvalue weighted by Gasteiger charge is -2.18. The first-order valence-electron chi connectivity index (χ1n) is 7.95. The van der Waals surface area contributed by atoms with Gasteiger partial charge >= 0.3 is 0 Å². The van der Waals surface area contributed by atoms with Crippen LogP contribution in [0.1, 0.15) is 18.4 Å². The predicted octanol–water partition coefficient (Wildman–Crippen LogP) is 2.14. The number of thioether (sulfide) groups is 1. The number of hydrogen-bond donors (Lipinski definition) is 1. The number of nitrogens with one attached hydrogen (secondary N) is 1. The number of aryl methyl sites for hydroxylation is 1. The molecule has 2 amide bonds. The maximum Gasteiger partial charge on any atom is 0.238 e. The van der Waals surface area contributed by atoms with Crippen LogP contribution in [0.4, 0.5) is 5.82 Å². The highest BCUT2D eigenvalue weighted by Crippen LogP contribution is 2.15. The van der Waals surface area contributed by atoms with Crippen molar-refractivity contribution in [2.45, 2.75) is 25.5 Å². The van der Waals surface area contributed by atoms with Gasteiger partial charge in [0.1, 0.15) is 5.76 Å². The van der Waals surface area contributed by atoms with Gasteiger partial charge in [0.25, 0.3) is 0 Å². The van der Waals surface area contributed by atoms with E-state index in [2.05, 4.69) is 15.5 Å². The molecule has 0 bridgehead atoms. The highest BCUT2D eigenvalue weighted by Gasteiger charge is 2.18. The molecule has 2 rings (SSSR count). The number of rotatable bonds is 8. The molecule has 0 aliphatic carbocycles. The number of likely N-dealkylation sites (N-methyl/N-ethyl adjacent to an activating group) is 1. The van der Waals surface area contributed by atoms with Crippen molar-refractivity contribution in [3.63, 3.8) is 0 Å². The van der Waals surface area contributed by atoms with Gasteiger partial charge in [-0.3, -0.25) is 14.6 Å². The average Bonchev–Trinajstić information content (AvgIpc) is 3.02. The summed E-state index contributed by atoms with van der Waals surface area (Å²) in [5.74, 6) is 1.03. The molecule has 2 aromatic rings. The van der Waals surface area contributed by atoms with E-state index in [0.29, 0.717) is 24.5 Å². The summed E-state index contributed by atoms with van der Waals surface area (Å²) in [4.78, 5) is 30.1. The molecule has 0 saturated heterocycles. The molecule has 25 heavy (non-hydrogen) atoms. The molecule has 1 atom stereocenters. The van der Waals surface area contributed by atoms with E-state index in [-0.39, 0.29) is 22.8 Å². The van der Waals surface area contributed by atoms with Gasteiger partial charge in [-0.15, -0.1) is 11.8 Å². The summed E-state index contributed by atoms with van der Waals surface area (Å²) < 4.78 is 4.90. The van der Waals surface area contributed by atoms with Crippen molar-refractivity contribution in [1.29, 1.82) is 0 Å². The van der Waals surface area contributed by atoms with E-state index in [1.54, 1.807) is 38.1 Å². The fraction of sp³-hybridized carbons (Fsp3) is 0.412. The molecule has 1 N–H and O–H groups in total. The molecule has 0 aliphatic heterocycles. The van der Waals surface area contributed by atoms with Gasteiger partial charge < -0.3 is 14.7 Å². The third kappa shape index (κ3) is 6.22. The summed E-state index contributed by atoms with van der Waals surface area (Å²) in [6.45, 7) is 4.10. The van der Waals surface area contributed by atoms with E-state index in [9.17, 15) is 9.59 Å². The van der Waals surface area contributed by atoms with Gasteiger partial charge in [0.15, 0.2) is 5.82 Å². The Morgan fingerprint density at radius 3 is 2.84 bits per heavy atom. The Balaban J connectivity index is 1.71. The number of aromatic nitrogens is 2. The number of carbonyl (C=O) groups is 2. The number of pyridine rings is 1. The predicted molar refractivity (Wildman–Crippen MR) is 97.4 cm³/mol.